The van der Waals surface area contributed by atoms with Gasteiger partial charge in [0, 0.05) is 11.2 Å². The van der Waals surface area contributed by atoms with Crippen LogP contribution in [0.2, 0.25) is 0 Å². The van der Waals surface area contributed by atoms with E-state index in [9.17, 15) is 0 Å². The van der Waals surface area contributed by atoms with Crippen molar-refractivity contribution in [3.63, 3.8) is 0 Å². The van der Waals surface area contributed by atoms with Gasteiger partial charge < -0.3 is 11.1 Å². The molecule has 0 spiro atoms. The van der Waals surface area contributed by atoms with Crippen molar-refractivity contribution in [2.24, 2.45) is 0 Å². The monoisotopic (exact) mass is 236 g/mol. The molecular formula is C15H28N2. The van der Waals surface area contributed by atoms with E-state index >= 15 is 0 Å². The Hall–Kier alpha value is -1.02. The molecule has 0 atom stereocenters. The van der Waals surface area contributed by atoms with E-state index in [1.807, 2.05) is 18.2 Å². The maximum Gasteiger partial charge on any atom is 0.0316 e. The summed E-state index contributed by atoms with van der Waals surface area (Å²) in [6.45, 7) is 12.0. The third-order valence-electron chi connectivity index (χ3n) is 2.26. The lowest BCUT2D eigenvalue weighted by atomic mass is 10.1. The van der Waals surface area contributed by atoms with Gasteiger partial charge in [0.05, 0.1) is 0 Å². The topological polar surface area (TPSA) is 38.0 Å². The van der Waals surface area contributed by atoms with Gasteiger partial charge in [-0.1, -0.05) is 26.0 Å². The number of anilines is 1. The van der Waals surface area contributed by atoms with Crippen molar-refractivity contribution in [3.8, 4) is 0 Å². The highest BCUT2D eigenvalue weighted by Crippen LogP contribution is 2.05. The van der Waals surface area contributed by atoms with Gasteiger partial charge in [0.1, 0.15) is 0 Å². The van der Waals surface area contributed by atoms with E-state index in [0.717, 1.165) is 18.7 Å². The van der Waals surface area contributed by atoms with E-state index < -0.39 is 0 Å². The van der Waals surface area contributed by atoms with Crippen molar-refractivity contribution >= 4 is 5.69 Å². The van der Waals surface area contributed by atoms with Crippen LogP contribution in [0.3, 0.4) is 0 Å². The van der Waals surface area contributed by atoms with E-state index in [4.69, 9.17) is 5.73 Å². The summed E-state index contributed by atoms with van der Waals surface area (Å²) in [5, 5.41) is 3.37. The van der Waals surface area contributed by atoms with Crippen LogP contribution in [0.5, 0.6) is 0 Å². The van der Waals surface area contributed by atoms with Gasteiger partial charge in [0.2, 0.25) is 0 Å². The van der Waals surface area contributed by atoms with Gasteiger partial charge in [-0.15, -0.1) is 0 Å². The average Bonchev–Trinajstić information content (AvgIpc) is 2.26. The SMILES string of the molecule is CCCNC(C)(C)C.CCc1cccc(N)c1. The van der Waals surface area contributed by atoms with Crippen molar-refractivity contribution in [1.29, 1.82) is 0 Å². The molecule has 0 fully saturated rings. The first-order chi connectivity index (χ1) is 7.89. The lowest BCUT2D eigenvalue weighted by Crippen LogP contribution is -2.36. The van der Waals surface area contributed by atoms with Crippen LogP contribution in [0.4, 0.5) is 5.69 Å². The van der Waals surface area contributed by atoms with Crippen molar-refractivity contribution < 1.29 is 0 Å². The van der Waals surface area contributed by atoms with Crippen LogP contribution in [-0.4, -0.2) is 12.1 Å². The van der Waals surface area contributed by atoms with Crippen molar-refractivity contribution in [1.82, 2.24) is 5.32 Å². The fourth-order valence-corrected chi connectivity index (χ4v) is 1.31. The van der Waals surface area contributed by atoms with Crippen LogP contribution in [0.15, 0.2) is 24.3 Å². The maximum atomic E-state index is 5.53. The lowest BCUT2D eigenvalue weighted by Gasteiger charge is -2.19. The zero-order valence-corrected chi connectivity index (χ0v) is 12.0. The molecular weight excluding hydrogens is 208 g/mol. The van der Waals surface area contributed by atoms with Gasteiger partial charge in [0.15, 0.2) is 0 Å². The third kappa shape index (κ3) is 9.88. The Morgan fingerprint density at radius 1 is 1.18 bits per heavy atom. The Labute approximate surface area is 107 Å². The van der Waals surface area contributed by atoms with Gasteiger partial charge in [-0.25, -0.2) is 0 Å². The van der Waals surface area contributed by atoms with Gasteiger partial charge in [0.25, 0.3) is 0 Å². The highest BCUT2D eigenvalue weighted by atomic mass is 14.9. The molecule has 0 aliphatic carbocycles. The lowest BCUT2D eigenvalue weighted by molar-refractivity contribution is 0.427. The molecule has 2 heteroatoms. The molecule has 3 N–H and O–H groups in total. The molecule has 1 aromatic rings. The highest BCUT2D eigenvalue weighted by molar-refractivity contribution is 5.40. The van der Waals surface area contributed by atoms with Gasteiger partial charge in [-0.05, 0) is 57.9 Å². The number of benzene rings is 1. The molecule has 0 aliphatic rings. The predicted molar refractivity (Wildman–Crippen MR) is 78.3 cm³/mol. The molecule has 1 aromatic carbocycles. The van der Waals surface area contributed by atoms with Crippen LogP contribution in [0.1, 0.15) is 46.6 Å². The summed E-state index contributed by atoms with van der Waals surface area (Å²) in [7, 11) is 0. The molecule has 1 rings (SSSR count). The highest BCUT2D eigenvalue weighted by Gasteiger charge is 2.05. The summed E-state index contributed by atoms with van der Waals surface area (Å²) in [6, 6.07) is 7.96. The molecule has 0 aromatic heterocycles. The van der Waals surface area contributed by atoms with E-state index in [-0.39, 0.29) is 0 Å². The van der Waals surface area contributed by atoms with Gasteiger partial charge >= 0.3 is 0 Å². The van der Waals surface area contributed by atoms with Gasteiger partial charge in [-0.2, -0.15) is 0 Å². The van der Waals surface area contributed by atoms with Crippen LogP contribution in [0, 0.1) is 0 Å². The molecule has 0 unspecified atom stereocenters. The number of rotatable bonds is 3. The van der Waals surface area contributed by atoms with Crippen molar-refractivity contribution in [3.05, 3.63) is 29.8 Å². The first kappa shape index (κ1) is 16.0. The second-order valence-corrected chi connectivity index (χ2v) is 5.28. The molecule has 0 heterocycles. The predicted octanol–water partition coefficient (Wildman–Crippen LogP) is 3.62. The number of hydrogen-bond acceptors (Lipinski definition) is 2. The Kier molecular flexibility index (Phi) is 7.64. The minimum atomic E-state index is 0.302. The molecule has 0 amide bonds. The van der Waals surface area contributed by atoms with E-state index in [1.165, 1.54) is 12.0 Å². The molecule has 17 heavy (non-hydrogen) atoms. The fraction of sp³-hybridized carbons (Fsp3) is 0.600. The Balaban J connectivity index is 0.000000304. The van der Waals surface area contributed by atoms with E-state index in [0.29, 0.717) is 5.54 Å². The smallest absolute Gasteiger partial charge is 0.0316 e. The number of aryl methyl sites for hydroxylation is 1. The Morgan fingerprint density at radius 2 is 1.82 bits per heavy atom. The number of nitrogens with one attached hydrogen (secondary N) is 1. The summed E-state index contributed by atoms with van der Waals surface area (Å²) in [4.78, 5) is 0. The first-order valence-corrected chi connectivity index (χ1v) is 6.48. The zero-order chi connectivity index (χ0) is 13.3. The van der Waals surface area contributed by atoms with Crippen LogP contribution in [0.25, 0.3) is 0 Å². The second-order valence-electron chi connectivity index (χ2n) is 5.28. The number of hydrogen-bond donors (Lipinski definition) is 2. The van der Waals surface area contributed by atoms with Crippen LogP contribution in [-0.2, 0) is 6.42 Å². The minimum absolute atomic E-state index is 0.302. The quantitative estimate of drug-likeness (QED) is 0.787. The molecule has 2 nitrogen and oxygen atoms in total. The maximum absolute atomic E-state index is 5.53. The summed E-state index contributed by atoms with van der Waals surface area (Å²) < 4.78 is 0. The summed E-state index contributed by atoms with van der Waals surface area (Å²) in [5.41, 5.74) is 7.99. The number of nitrogens with two attached hydrogens (primary N) is 1. The Bertz CT molecular complexity index is 300. The first-order valence-electron chi connectivity index (χ1n) is 6.48. The fourth-order valence-electron chi connectivity index (χ4n) is 1.31. The second kappa shape index (κ2) is 8.13. The van der Waals surface area contributed by atoms with Crippen molar-refractivity contribution in [2.45, 2.75) is 53.0 Å². The van der Waals surface area contributed by atoms with E-state index in [1.54, 1.807) is 0 Å². The molecule has 0 radical (unpaired) electrons. The molecule has 98 valence electrons. The standard InChI is InChI=1S/C8H11N.C7H17N/c1-2-7-4-3-5-8(9)6-7;1-5-6-8-7(2,3)4/h3-6H,2,9H2,1H3;8H,5-6H2,1-4H3. The normalized spacial score (nSPS) is 10.6. The molecule has 0 aliphatic heterocycles. The van der Waals surface area contributed by atoms with Gasteiger partial charge in [-0.3, -0.25) is 0 Å². The molecule has 0 bridgehead atoms. The summed E-state index contributed by atoms with van der Waals surface area (Å²) in [6.07, 6.45) is 2.28. The zero-order valence-electron chi connectivity index (χ0n) is 12.0. The average molecular weight is 236 g/mol. The van der Waals surface area contributed by atoms with Crippen LogP contribution >= 0.6 is 0 Å². The third-order valence-corrected chi connectivity index (χ3v) is 2.26. The van der Waals surface area contributed by atoms with E-state index in [2.05, 4.69) is 46.0 Å². The largest absolute Gasteiger partial charge is 0.399 e. The summed E-state index contributed by atoms with van der Waals surface area (Å²) in [5.74, 6) is 0. The minimum Gasteiger partial charge on any atom is -0.399 e. The summed E-state index contributed by atoms with van der Waals surface area (Å²) >= 11 is 0. The molecule has 0 saturated heterocycles. The molecule has 0 saturated carbocycles. The number of nitrogen functional groups attached to an aromatic ring is 1. The van der Waals surface area contributed by atoms with Crippen molar-refractivity contribution in [2.75, 3.05) is 12.3 Å². The Morgan fingerprint density at radius 3 is 2.12 bits per heavy atom. The van der Waals surface area contributed by atoms with Crippen LogP contribution < -0.4 is 11.1 Å².